The number of hydrogen-bond donors (Lipinski definition) is 0. The first-order valence-corrected chi connectivity index (χ1v) is 11.4. The van der Waals surface area contributed by atoms with Gasteiger partial charge in [-0.1, -0.05) is 36.9 Å². The van der Waals surface area contributed by atoms with Crippen molar-refractivity contribution in [1.29, 1.82) is 0 Å². The molecule has 35 heavy (non-hydrogen) atoms. The van der Waals surface area contributed by atoms with Crippen LogP contribution in [0.3, 0.4) is 0 Å². The second kappa shape index (κ2) is 9.58. The van der Waals surface area contributed by atoms with Crippen LogP contribution in [0.25, 0.3) is 16.8 Å². The molecule has 0 unspecified atom stereocenters. The molecular formula is C27H25FN4O3. The van der Waals surface area contributed by atoms with E-state index in [1.54, 1.807) is 30.6 Å². The van der Waals surface area contributed by atoms with Crippen molar-refractivity contribution in [3.63, 3.8) is 0 Å². The summed E-state index contributed by atoms with van der Waals surface area (Å²) in [6.45, 7) is 4.54. The summed E-state index contributed by atoms with van der Waals surface area (Å²) >= 11 is 0. The van der Waals surface area contributed by atoms with Crippen molar-refractivity contribution in [3.8, 4) is 22.8 Å². The van der Waals surface area contributed by atoms with Crippen LogP contribution in [0.1, 0.15) is 30.3 Å². The SMILES string of the molecule is C=CC(=O)N1CCC[C@H]1c1nc(-c2ccc(COc3cccc(OC)c3F)cc2)c2cnccn12. The van der Waals surface area contributed by atoms with E-state index in [9.17, 15) is 9.18 Å². The van der Waals surface area contributed by atoms with Crippen molar-refractivity contribution in [2.24, 2.45) is 0 Å². The number of fused-ring (bicyclic) bond motifs is 1. The van der Waals surface area contributed by atoms with E-state index in [0.29, 0.717) is 6.54 Å². The highest BCUT2D eigenvalue weighted by molar-refractivity contribution is 5.87. The molecule has 1 aliphatic rings. The number of nitrogens with zero attached hydrogens (tertiary/aromatic N) is 4. The van der Waals surface area contributed by atoms with Gasteiger partial charge in [0.2, 0.25) is 11.7 Å². The van der Waals surface area contributed by atoms with E-state index >= 15 is 0 Å². The number of ether oxygens (including phenoxy) is 2. The van der Waals surface area contributed by atoms with Gasteiger partial charge in [-0.2, -0.15) is 4.39 Å². The third kappa shape index (κ3) is 4.23. The fourth-order valence-corrected chi connectivity index (χ4v) is 4.51. The molecule has 178 valence electrons. The topological polar surface area (TPSA) is 69.0 Å². The standard InChI is InChI=1S/C27H25FN4O3/c1-3-24(33)31-14-5-6-20(31)27-30-26(21-16-29-13-15-32(21)27)19-11-9-18(10-12-19)17-35-23-8-4-7-22(34-2)25(23)28/h3-4,7-13,15-16,20H,1,5-6,14,17H2,2H3/t20-/m0/s1. The smallest absolute Gasteiger partial charge is 0.246 e. The third-order valence-corrected chi connectivity index (χ3v) is 6.25. The average Bonchev–Trinajstić information content (AvgIpc) is 3.53. The van der Waals surface area contributed by atoms with E-state index < -0.39 is 5.82 Å². The van der Waals surface area contributed by atoms with Crippen molar-refractivity contribution in [1.82, 2.24) is 19.3 Å². The van der Waals surface area contributed by atoms with E-state index in [2.05, 4.69) is 11.6 Å². The third-order valence-electron chi connectivity index (χ3n) is 6.25. The summed E-state index contributed by atoms with van der Waals surface area (Å²) in [6, 6.07) is 12.5. The highest BCUT2D eigenvalue weighted by atomic mass is 19.1. The number of amides is 1. The predicted molar refractivity (Wildman–Crippen MR) is 130 cm³/mol. The van der Waals surface area contributed by atoms with E-state index in [1.165, 1.54) is 13.2 Å². The molecule has 0 bridgehead atoms. The van der Waals surface area contributed by atoms with Crippen LogP contribution in [-0.2, 0) is 11.4 Å². The fourth-order valence-electron chi connectivity index (χ4n) is 4.51. The van der Waals surface area contributed by atoms with Gasteiger partial charge in [-0.05, 0) is 36.6 Å². The Kier molecular flexibility index (Phi) is 6.18. The van der Waals surface area contributed by atoms with Crippen molar-refractivity contribution >= 4 is 11.4 Å². The number of carbonyl (C=O) groups is 1. The van der Waals surface area contributed by atoms with Gasteiger partial charge in [-0.3, -0.25) is 14.2 Å². The van der Waals surface area contributed by atoms with Gasteiger partial charge >= 0.3 is 0 Å². The maximum atomic E-state index is 14.3. The number of halogens is 1. The molecule has 2 aromatic carbocycles. The Morgan fingerprint density at radius 3 is 2.80 bits per heavy atom. The van der Waals surface area contributed by atoms with E-state index in [0.717, 1.165) is 41.0 Å². The summed E-state index contributed by atoms with van der Waals surface area (Å²) in [5.41, 5.74) is 3.45. The van der Waals surface area contributed by atoms with Crippen LogP contribution in [0.5, 0.6) is 11.5 Å². The van der Waals surface area contributed by atoms with Gasteiger partial charge in [0, 0.05) is 24.5 Å². The second-order valence-electron chi connectivity index (χ2n) is 8.30. The molecule has 3 heterocycles. The van der Waals surface area contributed by atoms with E-state index in [-0.39, 0.29) is 30.1 Å². The number of likely N-dealkylation sites (tertiary alicyclic amines) is 1. The molecule has 5 rings (SSSR count). The molecule has 0 saturated carbocycles. The Hall–Kier alpha value is -4.20. The summed E-state index contributed by atoms with van der Waals surface area (Å²) < 4.78 is 27.0. The largest absolute Gasteiger partial charge is 0.494 e. The minimum atomic E-state index is -0.521. The lowest BCUT2D eigenvalue weighted by Crippen LogP contribution is -2.29. The summed E-state index contributed by atoms with van der Waals surface area (Å²) in [5, 5.41) is 0. The van der Waals surface area contributed by atoms with Crippen molar-refractivity contribution in [2.75, 3.05) is 13.7 Å². The monoisotopic (exact) mass is 472 g/mol. The quantitative estimate of drug-likeness (QED) is 0.355. The molecule has 0 aliphatic carbocycles. The number of benzene rings is 2. The van der Waals surface area contributed by atoms with Gasteiger partial charge in [0.1, 0.15) is 12.4 Å². The minimum Gasteiger partial charge on any atom is -0.494 e. The lowest BCUT2D eigenvalue weighted by Gasteiger charge is -2.22. The zero-order valence-corrected chi connectivity index (χ0v) is 19.4. The minimum absolute atomic E-state index is 0.0864. The van der Waals surface area contributed by atoms with Crippen LogP contribution in [0.2, 0.25) is 0 Å². The zero-order chi connectivity index (χ0) is 24.4. The van der Waals surface area contributed by atoms with Gasteiger partial charge in [0.05, 0.1) is 30.6 Å². The Morgan fingerprint density at radius 1 is 1.23 bits per heavy atom. The first kappa shape index (κ1) is 22.6. The summed E-state index contributed by atoms with van der Waals surface area (Å²) in [6.07, 6.45) is 8.49. The molecule has 0 radical (unpaired) electrons. The van der Waals surface area contributed by atoms with Crippen molar-refractivity contribution in [2.45, 2.75) is 25.5 Å². The molecule has 1 aliphatic heterocycles. The van der Waals surface area contributed by atoms with Gasteiger partial charge in [-0.25, -0.2) is 4.98 Å². The molecule has 0 spiro atoms. The second-order valence-corrected chi connectivity index (χ2v) is 8.30. The van der Waals surface area contributed by atoms with Crippen LogP contribution in [0.4, 0.5) is 4.39 Å². The fraction of sp³-hybridized carbons (Fsp3) is 0.222. The lowest BCUT2D eigenvalue weighted by molar-refractivity contribution is -0.127. The lowest BCUT2D eigenvalue weighted by atomic mass is 10.1. The molecule has 1 fully saturated rings. The Bertz CT molecular complexity index is 1380. The normalized spacial score (nSPS) is 15.4. The van der Waals surface area contributed by atoms with Gasteiger partial charge in [-0.15, -0.1) is 0 Å². The zero-order valence-electron chi connectivity index (χ0n) is 19.4. The van der Waals surface area contributed by atoms with Crippen LogP contribution >= 0.6 is 0 Å². The van der Waals surface area contributed by atoms with Crippen LogP contribution in [-0.4, -0.2) is 38.8 Å². The summed E-state index contributed by atoms with van der Waals surface area (Å²) in [5.74, 6) is 0.485. The molecule has 1 saturated heterocycles. The highest BCUT2D eigenvalue weighted by Crippen LogP contribution is 2.35. The molecular weight excluding hydrogens is 447 g/mol. The number of hydrogen-bond acceptors (Lipinski definition) is 5. The number of carbonyl (C=O) groups excluding carboxylic acids is 1. The maximum absolute atomic E-state index is 14.3. The molecule has 1 amide bonds. The van der Waals surface area contributed by atoms with E-state index in [4.69, 9.17) is 14.5 Å². The summed E-state index contributed by atoms with van der Waals surface area (Å²) in [7, 11) is 1.42. The molecule has 7 nitrogen and oxygen atoms in total. The summed E-state index contributed by atoms with van der Waals surface area (Å²) in [4.78, 5) is 23.5. The molecule has 4 aromatic rings. The average molecular weight is 473 g/mol. The Morgan fingerprint density at radius 2 is 2.03 bits per heavy atom. The number of imidazole rings is 1. The first-order chi connectivity index (χ1) is 17.1. The van der Waals surface area contributed by atoms with Gasteiger partial charge in [0.25, 0.3) is 0 Å². The number of methoxy groups -OCH3 is 1. The van der Waals surface area contributed by atoms with Gasteiger partial charge < -0.3 is 14.4 Å². The number of aromatic nitrogens is 3. The van der Waals surface area contributed by atoms with Crippen molar-refractivity contribution < 1.29 is 18.7 Å². The van der Waals surface area contributed by atoms with E-state index in [1.807, 2.05) is 39.8 Å². The van der Waals surface area contributed by atoms with Gasteiger partial charge in [0.15, 0.2) is 11.5 Å². The highest BCUT2D eigenvalue weighted by Gasteiger charge is 2.32. The van der Waals surface area contributed by atoms with Crippen LogP contribution in [0, 0.1) is 5.82 Å². The first-order valence-electron chi connectivity index (χ1n) is 11.4. The molecule has 2 aromatic heterocycles. The molecule has 8 heteroatoms. The molecule has 0 N–H and O–H groups in total. The van der Waals surface area contributed by atoms with Crippen LogP contribution < -0.4 is 9.47 Å². The Labute approximate surface area is 202 Å². The predicted octanol–water partition coefficient (Wildman–Crippen LogP) is 4.97. The number of rotatable bonds is 7. The van der Waals surface area contributed by atoms with Crippen LogP contribution in [0.15, 0.2) is 73.7 Å². The molecule has 1 atom stereocenters. The Balaban J connectivity index is 1.41. The maximum Gasteiger partial charge on any atom is 0.246 e. The van der Waals surface area contributed by atoms with Crippen molar-refractivity contribution in [3.05, 3.63) is 90.9 Å².